The molecular weight excluding hydrogens is 252 g/mol. The molecule has 1 aromatic carbocycles. The van der Waals surface area contributed by atoms with Crippen LogP contribution in [-0.2, 0) is 0 Å². The first kappa shape index (κ1) is 12.6. The van der Waals surface area contributed by atoms with Gasteiger partial charge in [-0.2, -0.15) is 0 Å². The van der Waals surface area contributed by atoms with Gasteiger partial charge in [-0.3, -0.25) is 4.79 Å². The van der Waals surface area contributed by atoms with E-state index >= 15 is 0 Å². The first-order valence-electron chi connectivity index (χ1n) is 6.52. The van der Waals surface area contributed by atoms with Gasteiger partial charge >= 0.3 is 0 Å². The van der Waals surface area contributed by atoms with Crippen LogP contribution in [0.3, 0.4) is 0 Å². The van der Waals surface area contributed by atoms with Gasteiger partial charge in [0.1, 0.15) is 5.82 Å². The molecule has 0 aliphatic heterocycles. The van der Waals surface area contributed by atoms with Crippen molar-refractivity contribution in [2.45, 2.75) is 18.4 Å². The highest BCUT2D eigenvalue weighted by Crippen LogP contribution is 2.38. The number of nitrogens with one attached hydrogen (secondary N) is 1. The summed E-state index contributed by atoms with van der Waals surface area (Å²) in [4.78, 5) is 15.4. The number of pyridine rings is 1. The highest BCUT2D eigenvalue weighted by Gasteiger charge is 2.34. The lowest BCUT2D eigenvalue weighted by Gasteiger charge is -2.07. The second kappa shape index (κ2) is 4.94. The predicted molar refractivity (Wildman–Crippen MR) is 77.8 cm³/mol. The van der Waals surface area contributed by atoms with Crippen molar-refractivity contribution in [3.05, 3.63) is 53.7 Å². The average molecular weight is 268 g/mol. The van der Waals surface area contributed by atoms with Crippen molar-refractivity contribution < 1.29 is 4.79 Å². The van der Waals surface area contributed by atoms with Crippen LogP contribution >= 0.6 is 0 Å². The molecule has 5 N–H and O–H groups in total. The van der Waals surface area contributed by atoms with Crippen molar-refractivity contribution in [1.29, 1.82) is 0 Å². The molecule has 2 unspecified atom stereocenters. The number of primary amides is 1. The Morgan fingerprint density at radius 3 is 2.40 bits per heavy atom. The first-order valence-corrected chi connectivity index (χ1v) is 6.52. The average Bonchev–Trinajstić information content (AvgIpc) is 3.17. The van der Waals surface area contributed by atoms with Gasteiger partial charge in [0.05, 0.1) is 0 Å². The van der Waals surface area contributed by atoms with Crippen molar-refractivity contribution in [2.75, 3.05) is 5.32 Å². The fourth-order valence-electron chi connectivity index (χ4n) is 2.16. The Balaban J connectivity index is 1.69. The SMILES string of the molecule is NC(=O)c1ccc(Nc2ccc(C3CC3N)cn2)cc1. The lowest BCUT2D eigenvalue weighted by molar-refractivity contribution is 0.100. The quantitative estimate of drug-likeness (QED) is 0.787. The fourth-order valence-corrected chi connectivity index (χ4v) is 2.16. The number of aromatic nitrogens is 1. The summed E-state index contributed by atoms with van der Waals surface area (Å²) in [6.45, 7) is 0. The molecule has 1 aliphatic carbocycles. The van der Waals surface area contributed by atoms with Crippen LogP contribution < -0.4 is 16.8 Å². The molecule has 2 atom stereocenters. The summed E-state index contributed by atoms with van der Waals surface area (Å²) in [5.74, 6) is 0.793. The number of carbonyl (C=O) groups is 1. The molecule has 1 amide bonds. The molecule has 0 bridgehead atoms. The van der Waals surface area contributed by atoms with Crippen LogP contribution in [0.15, 0.2) is 42.6 Å². The van der Waals surface area contributed by atoms with Gasteiger partial charge in [-0.05, 0) is 42.3 Å². The molecule has 0 saturated heterocycles. The Bertz CT molecular complexity index is 621. The monoisotopic (exact) mass is 268 g/mol. The van der Waals surface area contributed by atoms with Crippen LogP contribution in [0.25, 0.3) is 0 Å². The second-order valence-corrected chi connectivity index (χ2v) is 5.05. The zero-order valence-electron chi connectivity index (χ0n) is 10.9. The van der Waals surface area contributed by atoms with Gasteiger partial charge in [-0.25, -0.2) is 4.98 Å². The van der Waals surface area contributed by atoms with Gasteiger partial charge in [-0.1, -0.05) is 6.07 Å². The topological polar surface area (TPSA) is 94.0 Å². The van der Waals surface area contributed by atoms with E-state index in [1.54, 1.807) is 24.3 Å². The van der Waals surface area contributed by atoms with Crippen LogP contribution in [0.1, 0.15) is 28.3 Å². The highest BCUT2D eigenvalue weighted by molar-refractivity contribution is 5.93. The van der Waals surface area contributed by atoms with Gasteiger partial charge < -0.3 is 16.8 Å². The summed E-state index contributed by atoms with van der Waals surface area (Å²) in [5.41, 5.74) is 13.5. The molecule has 5 nitrogen and oxygen atoms in total. The summed E-state index contributed by atoms with van der Waals surface area (Å²) < 4.78 is 0. The van der Waals surface area contributed by atoms with Crippen molar-refractivity contribution in [3.63, 3.8) is 0 Å². The number of hydrogen-bond acceptors (Lipinski definition) is 4. The van der Waals surface area contributed by atoms with Crippen molar-refractivity contribution >= 4 is 17.4 Å². The summed E-state index contributed by atoms with van der Waals surface area (Å²) in [6, 6.07) is 11.2. The van der Waals surface area contributed by atoms with Crippen LogP contribution in [0, 0.1) is 0 Å². The van der Waals surface area contributed by atoms with E-state index in [9.17, 15) is 4.79 Å². The van der Waals surface area contributed by atoms with E-state index in [-0.39, 0.29) is 6.04 Å². The number of amides is 1. The Labute approximate surface area is 117 Å². The molecule has 1 aliphatic rings. The Morgan fingerprint density at radius 1 is 1.20 bits per heavy atom. The summed E-state index contributed by atoms with van der Waals surface area (Å²) in [5, 5.41) is 3.17. The molecule has 1 aromatic heterocycles. The number of anilines is 2. The molecule has 0 radical (unpaired) electrons. The van der Waals surface area contributed by atoms with Crippen LogP contribution in [0.4, 0.5) is 11.5 Å². The van der Waals surface area contributed by atoms with E-state index in [1.165, 1.54) is 5.56 Å². The molecular formula is C15H16N4O. The molecule has 1 heterocycles. The number of carbonyl (C=O) groups excluding carboxylic acids is 1. The minimum Gasteiger partial charge on any atom is -0.366 e. The first-order chi connectivity index (χ1) is 9.63. The fraction of sp³-hybridized carbons (Fsp3) is 0.200. The van der Waals surface area contributed by atoms with Gasteiger partial charge in [-0.15, -0.1) is 0 Å². The van der Waals surface area contributed by atoms with Crippen molar-refractivity contribution in [2.24, 2.45) is 11.5 Å². The lowest BCUT2D eigenvalue weighted by atomic mass is 10.2. The smallest absolute Gasteiger partial charge is 0.248 e. The minimum absolute atomic E-state index is 0.289. The van der Waals surface area contributed by atoms with Gasteiger partial charge in [0.15, 0.2) is 0 Å². The molecule has 3 rings (SSSR count). The summed E-state index contributed by atoms with van der Waals surface area (Å²) in [7, 11) is 0. The Kier molecular flexibility index (Phi) is 3.12. The minimum atomic E-state index is -0.431. The molecule has 102 valence electrons. The number of nitrogens with zero attached hydrogens (tertiary/aromatic N) is 1. The summed E-state index contributed by atoms with van der Waals surface area (Å²) in [6.07, 6.45) is 2.90. The number of rotatable bonds is 4. The molecule has 20 heavy (non-hydrogen) atoms. The summed E-state index contributed by atoms with van der Waals surface area (Å²) >= 11 is 0. The van der Waals surface area contributed by atoms with Crippen LogP contribution in [0.5, 0.6) is 0 Å². The highest BCUT2D eigenvalue weighted by atomic mass is 16.1. The third-order valence-corrected chi connectivity index (χ3v) is 3.50. The second-order valence-electron chi connectivity index (χ2n) is 5.05. The lowest BCUT2D eigenvalue weighted by Crippen LogP contribution is -2.10. The van der Waals surface area contributed by atoms with E-state index < -0.39 is 5.91 Å². The molecule has 1 fully saturated rings. The van der Waals surface area contributed by atoms with Gasteiger partial charge in [0.2, 0.25) is 5.91 Å². The Morgan fingerprint density at radius 2 is 1.90 bits per heavy atom. The van der Waals surface area contributed by atoms with E-state index in [4.69, 9.17) is 11.5 Å². The van der Waals surface area contributed by atoms with E-state index in [2.05, 4.69) is 10.3 Å². The number of benzene rings is 1. The number of hydrogen-bond donors (Lipinski definition) is 3. The standard InChI is InChI=1S/C15H16N4O/c16-13-7-12(13)10-3-6-14(18-8-10)19-11-4-1-9(2-5-11)15(17)20/h1-6,8,12-13H,7,16H2,(H2,17,20)(H,18,19). The maximum atomic E-state index is 11.0. The Hall–Kier alpha value is -2.40. The molecule has 0 spiro atoms. The van der Waals surface area contributed by atoms with E-state index in [0.717, 1.165) is 17.9 Å². The van der Waals surface area contributed by atoms with Crippen molar-refractivity contribution in [3.8, 4) is 0 Å². The third-order valence-electron chi connectivity index (χ3n) is 3.50. The van der Waals surface area contributed by atoms with Crippen molar-refractivity contribution in [1.82, 2.24) is 4.98 Å². The largest absolute Gasteiger partial charge is 0.366 e. The van der Waals surface area contributed by atoms with Crippen LogP contribution in [0.2, 0.25) is 0 Å². The molecule has 5 heteroatoms. The van der Waals surface area contributed by atoms with Crippen LogP contribution in [-0.4, -0.2) is 16.9 Å². The number of nitrogens with two attached hydrogens (primary N) is 2. The van der Waals surface area contributed by atoms with E-state index in [0.29, 0.717) is 11.5 Å². The molecule has 1 saturated carbocycles. The van der Waals surface area contributed by atoms with Gasteiger partial charge in [0, 0.05) is 29.4 Å². The third kappa shape index (κ3) is 2.62. The molecule has 2 aromatic rings. The zero-order valence-corrected chi connectivity index (χ0v) is 10.9. The predicted octanol–water partition coefficient (Wildman–Crippen LogP) is 1.74. The van der Waals surface area contributed by atoms with Gasteiger partial charge in [0.25, 0.3) is 0 Å². The maximum absolute atomic E-state index is 11.0. The maximum Gasteiger partial charge on any atom is 0.248 e. The zero-order chi connectivity index (χ0) is 14.1. The van der Waals surface area contributed by atoms with E-state index in [1.807, 2.05) is 18.3 Å². The normalized spacial score (nSPS) is 20.4.